The van der Waals surface area contributed by atoms with E-state index < -0.39 is 9.84 Å². The molecule has 1 unspecified atom stereocenters. The van der Waals surface area contributed by atoms with E-state index in [-0.39, 0.29) is 6.04 Å². The summed E-state index contributed by atoms with van der Waals surface area (Å²) in [4.78, 5) is 7.79. The largest absolute Gasteiger partial charge is 0.338 e. The first-order valence-electron chi connectivity index (χ1n) is 7.71. The first kappa shape index (κ1) is 17.8. The second-order valence-electron chi connectivity index (χ2n) is 5.92. The molecule has 0 N–H and O–H groups in total. The Hall–Kier alpha value is -2.03. The van der Waals surface area contributed by atoms with Gasteiger partial charge in [-0.1, -0.05) is 23.4 Å². The van der Waals surface area contributed by atoms with Crippen LogP contribution in [0.4, 0.5) is 0 Å². The van der Waals surface area contributed by atoms with Gasteiger partial charge in [0.1, 0.15) is 0 Å². The van der Waals surface area contributed by atoms with Crippen LogP contribution in [0, 0.1) is 0 Å². The molecular weight excluding hydrogens is 358 g/mol. The summed E-state index contributed by atoms with van der Waals surface area (Å²) in [5.41, 5.74) is 1.02. The Morgan fingerprint density at radius 2 is 1.96 bits per heavy atom. The van der Waals surface area contributed by atoms with Crippen molar-refractivity contribution in [3.8, 4) is 10.7 Å². The number of benzene rings is 1. The maximum atomic E-state index is 11.6. The van der Waals surface area contributed by atoms with E-state index >= 15 is 0 Å². The van der Waals surface area contributed by atoms with Crippen LogP contribution < -0.4 is 0 Å². The highest BCUT2D eigenvalue weighted by atomic mass is 32.2. The molecule has 0 amide bonds. The molecule has 0 aliphatic rings. The van der Waals surface area contributed by atoms with Crippen molar-refractivity contribution in [3.63, 3.8) is 0 Å². The minimum atomic E-state index is -3.18. The summed E-state index contributed by atoms with van der Waals surface area (Å²) in [5, 5.41) is 5.99. The minimum Gasteiger partial charge on any atom is -0.338 e. The molecule has 0 saturated heterocycles. The van der Waals surface area contributed by atoms with Gasteiger partial charge in [0.05, 0.1) is 16.3 Å². The van der Waals surface area contributed by atoms with Crippen molar-refractivity contribution in [2.24, 2.45) is 0 Å². The molecule has 0 aliphatic carbocycles. The number of thiophene rings is 1. The fourth-order valence-electron chi connectivity index (χ4n) is 2.42. The molecule has 0 aliphatic heterocycles. The molecule has 0 fully saturated rings. The summed E-state index contributed by atoms with van der Waals surface area (Å²) in [6.07, 6.45) is 1.21. The molecule has 2 heterocycles. The average molecular weight is 377 g/mol. The summed E-state index contributed by atoms with van der Waals surface area (Å²) in [6, 6.07) is 10.9. The zero-order chi connectivity index (χ0) is 18.0. The number of aromatic nitrogens is 2. The van der Waals surface area contributed by atoms with Gasteiger partial charge in [-0.25, -0.2) is 8.42 Å². The molecule has 8 heteroatoms. The standard InChI is InChI=1S/C17H19N3O3S2/c1-12(13-6-8-14(9-7-13)25(3,21)22)20(2)11-16-18-17(19-23-16)15-5-4-10-24-15/h4-10,12H,11H2,1-3H3. The van der Waals surface area contributed by atoms with Gasteiger partial charge in [0.2, 0.25) is 11.7 Å². The van der Waals surface area contributed by atoms with E-state index in [2.05, 4.69) is 15.0 Å². The fraction of sp³-hybridized carbons (Fsp3) is 0.294. The van der Waals surface area contributed by atoms with Gasteiger partial charge in [-0.15, -0.1) is 11.3 Å². The lowest BCUT2D eigenvalue weighted by atomic mass is 10.1. The van der Waals surface area contributed by atoms with Crippen molar-refractivity contribution in [2.45, 2.75) is 24.4 Å². The van der Waals surface area contributed by atoms with Crippen LogP contribution in [0.3, 0.4) is 0 Å². The van der Waals surface area contributed by atoms with Crippen molar-refractivity contribution >= 4 is 21.2 Å². The van der Waals surface area contributed by atoms with Gasteiger partial charge in [0, 0.05) is 12.3 Å². The van der Waals surface area contributed by atoms with Gasteiger partial charge in [-0.2, -0.15) is 4.98 Å². The SMILES string of the molecule is CC(c1ccc(S(C)(=O)=O)cc1)N(C)Cc1nc(-c2cccs2)no1. The summed E-state index contributed by atoms with van der Waals surface area (Å²) in [6.45, 7) is 2.55. The van der Waals surface area contributed by atoms with Crippen LogP contribution in [0.1, 0.15) is 24.4 Å². The number of hydrogen-bond donors (Lipinski definition) is 0. The number of sulfone groups is 1. The van der Waals surface area contributed by atoms with E-state index in [1.807, 2.05) is 43.6 Å². The Kier molecular flexibility index (Phi) is 5.03. The van der Waals surface area contributed by atoms with Crippen LogP contribution in [0.25, 0.3) is 10.7 Å². The highest BCUT2D eigenvalue weighted by Crippen LogP contribution is 2.24. The van der Waals surface area contributed by atoms with Gasteiger partial charge >= 0.3 is 0 Å². The summed E-state index contributed by atoms with van der Waals surface area (Å²) < 4.78 is 28.4. The normalized spacial score (nSPS) is 13.3. The molecule has 132 valence electrons. The van der Waals surface area contributed by atoms with Crippen molar-refractivity contribution in [1.82, 2.24) is 15.0 Å². The second kappa shape index (κ2) is 7.07. The van der Waals surface area contributed by atoms with E-state index in [1.165, 1.54) is 6.26 Å². The highest BCUT2D eigenvalue weighted by molar-refractivity contribution is 7.90. The average Bonchev–Trinajstić information content (AvgIpc) is 3.24. The molecule has 3 aromatic rings. The molecule has 0 radical (unpaired) electrons. The molecular formula is C17H19N3O3S2. The van der Waals surface area contributed by atoms with Gasteiger partial charge in [-0.3, -0.25) is 4.90 Å². The monoisotopic (exact) mass is 377 g/mol. The maximum absolute atomic E-state index is 11.6. The molecule has 25 heavy (non-hydrogen) atoms. The van der Waals surface area contributed by atoms with Crippen molar-refractivity contribution in [3.05, 3.63) is 53.2 Å². The molecule has 1 aromatic carbocycles. The zero-order valence-corrected chi connectivity index (χ0v) is 15.8. The zero-order valence-electron chi connectivity index (χ0n) is 14.2. The summed E-state index contributed by atoms with van der Waals surface area (Å²) in [7, 11) is -1.22. The molecule has 3 rings (SSSR count). The number of hydrogen-bond acceptors (Lipinski definition) is 7. The van der Waals surface area contributed by atoms with Gasteiger partial charge in [0.25, 0.3) is 0 Å². The van der Waals surface area contributed by atoms with Gasteiger partial charge in [-0.05, 0) is 43.1 Å². The van der Waals surface area contributed by atoms with Crippen LogP contribution in [0.15, 0.2) is 51.2 Å². The Morgan fingerprint density at radius 3 is 2.56 bits per heavy atom. The summed E-state index contributed by atoms with van der Waals surface area (Å²) in [5.74, 6) is 1.15. The second-order valence-corrected chi connectivity index (χ2v) is 8.88. The van der Waals surface area contributed by atoms with E-state index in [9.17, 15) is 8.42 Å². The van der Waals surface area contributed by atoms with Gasteiger partial charge < -0.3 is 4.52 Å². The molecule has 1 atom stereocenters. The lowest BCUT2D eigenvalue weighted by molar-refractivity contribution is 0.216. The predicted octanol–water partition coefficient (Wildman–Crippen LogP) is 3.39. The molecule has 6 nitrogen and oxygen atoms in total. The smallest absolute Gasteiger partial charge is 0.241 e. The molecule has 2 aromatic heterocycles. The van der Waals surface area contributed by atoms with E-state index in [0.29, 0.717) is 23.2 Å². The van der Waals surface area contributed by atoms with Crippen LogP contribution in [-0.4, -0.2) is 36.8 Å². The van der Waals surface area contributed by atoms with Crippen LogP contribution >= 0.6 is 11.3 Å². The Labute approximate surface area is 151 Å². The third-order valence-corrected chi connectivity index (χ3v) is 6.04. The molecule has 0 spiro atoms. The van der Waals surface area contributed by atoms with Gasteiger partial charge in [0.15, 0.2) is 9.84 Å². The van der Waals surface area contributed by atoms with E-state index in [0.717, 1.165) is 10.4 Å². The molecule has 0 saturated carbocycles. The third kappa shape index (κ3) is 4.15. The van der Waals surface area contributed by atoms with Crippen LogP contribution in [0.2, 0.25) is 0 Å². The quantitative estimate of drug-likeness (QED) is 0.655. The third-order valence-electron chi connectivity index (χ3n) is 4.05. The molecule has 0 bridgehead atoms. The summed E-state index contributed by atoms with van der Waals surface area (Å²) >= 11 is 1.57. The maximum Gasteiger partial charge on any atom is 0.241 e. The topological polar surface area (TPSA) is 76.3 Å². The Bertz CT molecular complexity index is 932. The first-order valence-corrected chi connectivity index (χ1v) is 10.5. The first-order chi connectivity index (χ1) is 11.8. The lowest BCUT2D eigenvalue weighted by Gasteiger charge is -2.23. The predicted molar refractivity (Wildman–Crippen MR) is 97.0 cm³/mol. The Balaban J connectivity index is 1.69. The number of nitrogens with zero attached hydrogens (tertiary/aromatic N) is 3. The highest BCUT2D eigenvalue weighted by Gasteiger charge is 2.17. The van der Waals surface area contributed by atoms with Crippen LogP contribution in [0.5, 0.6) is 0 Å². The van der Waals surface area contributed by atoms with E-state index in [4.69, 9.17) is 4.52 Å². The van der Waals surface area contributed by atoms with Crippen molar-refractivity contribution < 1.29 is 12.9 Å². The van der Waals surface area contributed by atoms with Crippen LogP contribution in [-0.2, 0) is 16.4 Å². The number of rotatable bonds is 6. The van der Waals surface area contributed by atoms with Crippen molar-refractivity contribution in [1.29, 1.82) is 0 Å². The van der Waals surface area contributed by atoms with Crippen molar-refractivity contribution in [2.75, 3.05) is 13.3 Å². The lowest BCUT2D eigenvalue weighted by Crippen LogP contribution is -2.22. The fourth-order valence-corrected chi connectivity index (χ4v) is 3.70. The minimum absolute atomic E-state index is 0.0747. The van der Waals surface area contributed by atoms with E-state index in [1.54, 1.807) is 23.5 Å². The Morgan fingerprint density at radius 1 is 1.24 bits per heavy atom.